The lowest BCUT2D eigenvalue weighted by molar-refractivity contribution is 0.233. The van der Waals surface area contributed by atoms with Gasteiger partial charge in [-0.1, -0.05) is 0 Å². The van der Waals surface area contributed by atoms with Crippen LogP contribution in [0.4, 0.5) is 10.5 Å². The zero-order chi connectivity index (χ0) is 17.2. The number of piperidine rings is 1. The molecule has 1 fully saturated rings. The molecule has 1 unspecified atom stereocenters. The molecule has 3 N–H and O–H groups in total. The molecule has 0 saturated carbocycles. The smallest absolute Gasteiger partial charge is 0.314 e. The first kappa shape index (κ1) is 18.5. The number of aromatic nitrogens is 1. The number of urea groups is 1. The number of aliphatic hydroxyl groups excluding tert-OH is 1. The van der Waals surface area contributed by atoms with E-state index >= 15 is 0 Å². The quantitative estimate of drug-likeness (QED) is 0.681. The number of hydrogen-bond donors (Lipinski definition) is 3. The number of carbonyl (C=O) groups excluding carboxylic acids is 1. The molecule has 0 aromatic carbocycles. The summed E-state index contributed by atoms with van der Waals surface area (Å²) in [5.41, 5.74) is 1.25. The molecule has 1 saturated heterocycles. The van der Waals surface area contributed by atoms with Gasteiger partial charge in [-0.2, -0.15) is 0 Å². The van der Waals surface area contributed by atoms with E-state index in [9.17, 15) is 4.79 Å². The third kappa shape index (κ3) is 6.35. The van der Waals surface area contributed by atoms with Crippen molar-refractivity contribution in [3.05, 3.63) is 24.5 Å². The summed E-state index contributed by atoms with van der Waals surface area (Å²) < 4.78 is 0. The van der Waals surface area contributed by atoms with E-state index < -0.39 is 0 Å². The highest BCUT2D eigenvalue weighted by atomic mass is 16.3. The average molecular weight is 334 g/mol. The second-order valence-corrected chi connectivity index (χ2v) is 6.59. The molecule has 134 valence electrons. The molecule has 2 rings (SSSR count). The van der Waals surface area contributed by atoms with Crippen LogP contribution in [0.2, 0.25) is 0 Å². The maximum Gasteiger partial charge on any atom is 0.314 e. The fraction of sp³-hybridized carbons (Fsp3) is 0.667. The van der Waals surface area contributed by atoms with Gasteiger partial charge < -0.3 is 20.6 Å². The molecular weight excluding hydrogens is 304 g/mol. The van der Waals surface area contributed by atoms with E-state index in [2.05, 4.69) is 32.7 Å². The summed E-state index contributed by atoms with van der Waals surface area (Å²) in [6.45, 7) is 4.99. The number of pyridine rings is 1. The van der Waals surface area contributed by atoms with Crippen molar-refractivity contribution in [2.75, 3.05) is 31.1 Å². The summed E-state index contributed by atoms with van der Waals surface area (Å²) in [6.07, 6.45) is 8.56. The van der Waals surface area contributed by atoms with E-state index in [0.717, 1.165) is 38.9 Å². The Bertz CT molecular complexity index is 475. The number of carbonyl (C=O) groups is 1. The first-order valence-electron chi connectivity index (χ1n) is 8.99. The molecule has 0 aliphatic carbocycles. The molecule has 6 heteroatoms. The number of nitrogens with zero attached hydrogens (tertiary/aromatic N) is 2. The number of aliphatic hydroxyl groups is 1. The second-order valence-electron chi connectivity index (χ2n) is 6.59. The largest absolute Gasteiger partial charge is 0.396 e. The van der Waals surface area contributed by atoms with E-state index in [1.165, 1.54) is 18.5 Å². The Morgan fingerprint density at radius 3 is 2.75 bits per heavy atom. The molecule has 2 heterocycles. The van der Waals surface area contributed by atoms with E-state index in [0.29, 0.717) is 5.92 Å². The van der Waals surface area contributed by atoms with Gasteiger partial charge in [0.05, 0.1) is 0 Å². The highest BCUT2D eigenvalue weighted by Crippen LogP contribution is 2.24. The van der Waals surface area contributed by atoms with Crippen molar-refractivity contribution in [1.29, 1.82) is 0 Å². The number of nitrogens with one attached hydrogen (secondary N) is 2. The minimum Gasteiger partial charge on any atom is -0.396 e. The molecule has 0 spiro atoms. The normalized spacial score (nSPS) is 16.7. The Morgan fingerprint density at radius 1 is 1.38 bits per heavy atom. The lowest BCUT2D eigenvalue weighted by Crippen LogP contribution is -2.42. The van der Waals surface area contributed by atoms with Crippen molar-refractivity contribution in [1.82, 2.24) is 15.6 Å². The van der Waals surface area contributed by atoms with E-state index in [4.69, 9.17) is 5.11 Å². The van der Waals surface area contributed by atoms with Crippen molar-refractivity contribution < 1.29 is 9.90 Å². The van der Waals surface area contributed by atoms with Gasteiger partial charge in [0.15, 0.2) is 0 Å². The highest BCUT2D eigenvalue weighted by molar-refractivity contribution is 5.74. The van der Waals surface area contributed by atoms with Gasteiger partial charge in [0, 0.05) is 50.4 Å². The molecule has 1 aromatic rings. The number of anilines is 1. The SMILES string of the molecule is CC(CCCO)NC(=O)NCCC1CCN(c2ccncc2)CC1. The zero-order valence-corrected chi connectivity index (χ0v) is 14.6. The monoisotopic (exact) mass is 334 g/mol. The maximum absolute atomic E-state index is 11.8. The molecule has 1 aromatic heterocycles. The number of amides is 2. The molecule has 0 radical (unpaired) electrons. The Morgan fingerprint density at radius 2 is 2.08 bits per heavy atom. The molecule has 6 nitrogen and oxygen atoms in total. The second kappa shape index (κ2) is 10.1. The van der Waals surface area contributed by atoms with Gasteiger partial charge in [-0.15, -0.1) is 0 Å². The predicted octanol–water partition coefficient (Wildman–Crippen LogP) is 2.15. The number of rotatable bonds is 8. The molecular formula is C18H30N4O2. The summed E-state index contributed by atoms with van der Waals surface area (Å²) in [6, 6.07) is 4.12. The minimum atomic E-state index is -0.102. The van der Waals surface area contributed by atoms with Crippen molar-refractivity contribution in [2.45, 2.75) is 45.1 Å². The Hall–Kier alpha value is -1.82. The summed E-state index contributed by atoms with van der Waals surface area (Å²) >= 11 is 0. The molecule has 0 bridgehead atoms. The van der Waals surface area contributed by atoms with Crippen LogP contribution in [-0.4, -0.2) is 48.4 Å². The van der Waals surface area contributed by atoms with Crippen LogP contribution < -0.4 is 15.5 Å². The molecule has 24 heavy (non-hydrogen) atoms. The molecule has 1 atom stereocenters. The fourth-order valence-electron chi connectivity index (χ4n) is 3.17. The van der Waals surface area contributed by atoms with Crippen LogP contribution in [0.25, 0.3) is 0 Å². The topological polar surface area (TPSA) is 77.5 Å². The Kier molecular flexibility index (Phi) is 7.82. The first-order valence-corrected chi connectivity index (χ1v) is 8.99. The first-order chi connectivity index (χ1) is 11.7. The fourth-order valence-corrected chi connectivity index (χ4v) is 3.17. The molecule has 2 amide bonds. The summed E-state index contributed by atoms with van der Waals surface area (Å²) in [4.78, 5) is 18.3. The van der Waals surface area contributed by atoms with Crippen molar-refractivity contribution in [3.63, 3.8) is 0 Å². The van der Waals surface area contributed by atoms with E-state index in [1.54, 1.807) is 0 Å². The van der Waals surface area contributed by atoms with Crippen LogP contribution in [0, 0.1) is 5.92 Å². The van der Waals surface area contributed by atoms with Crippen LogP contribution in [0.15, 0.2) is 24.5 Å². The van der Waals surface area contributed by atoms with E-state index in [-0.39, 0.29) is 18.7 Å². The van der Waals surface area contributed by atoms with Crippen LogP contribution in [-0.2, 0) is 0 Å². The Balaban J connectivity index is 1.58. The van der Waals surface area contributed by atoms with Gasteiger partial charge in [-0.25, -0.2) is 4.79 Å². The number of hydrogen-bond acceptors (Lipinski definition) is 4. The molecule has 1 aliphatic rings. The third-order valence-electron chi connectivity index (χ3n) is 4.65. The van der Waals surface area contributed by atoms with E-state index in [1.807, 2.05) is 19.3 Å². The van der Waals surface area contributed by atoms with Gasteiger partial charge in [-0.05, 0) is 57.1 Å². The Labute approximate surface area is 144 Å². The van der Waals surface area contributed by atoms with Gasteiger partial charge in [0.1, 0.15) is 0 Å². The highest BCUT2D eigenvalue weighted by Gasteiger charge is 2.19. The lowest BCUT2D eigenvalue weighted by Gasteiger charge is -2.33. The minimum absolute atomic E-state index is 0.0979. The zero-order valence-electron chi connectivity index (χ0n) is 14.6. The van der Waals surface area contributed by atoms with Crippen molar-refractivity contribution >= 4 is 11.7 Å². The maximum atomic E-state index is 11.8. The lowest BCUT2D eigenvalue weighted by atomic mass is 9.93. The van der Waals surface area contributed by atoms with Crippen molar-refractivity contribution in [2.24, 2.45) is 5.92 Å². The van der Waals surface area contributed by atoms with Gasteiger partial charge in [0.2, 0.25) is 0 Å². The van der Waals surface area contributed by atoms with Gasteiger partial charge >= 0.3 is 6.03 Å². The van der Waals surface area contributed by atoms with Crippen LogP contribution in [0.5, 0.6) is 0 Å². The van der Waals surface area contributed by atoms with Gasteiger partial charge in [-0.3, -0.25) is 4.98 Å². The van der Waals surface area contributed by atoms with Crippen LogP contribution in [0.1, 0.15) is 39.0 Å². The third-order valence-corrected chi connectivity index (χ3v) is 4.65. The van der Waals surface area contributed by atoms with Crippen LogP contribution >= 0.6 is 0 Å². The summed E-state index contributed by atoms with van der Waals surface area (Å²) in [5, 5.41) is 14.6. The standard InChI is InChI=1S/C18H30N4O2/c1-15(3-2-14-23)21-18(24)20-11-4-16-7-12-22(13-8-16)17-5-9-19-10-6-17/h5-6,9-10,15-16,23H,2-4,7-8,11-14H2,1H3,(H2,20,21,24). The predicted molar refractivity (Wildman–Crippen MR) is 96.1 cm³/mol. The van der Waals surface area contributed by atoms with Crippen molar-refractivity contribution in [3.8, 4) is 0 Å². The summed E-state index contributed by atoms with van der Waals surface area (Å²) in [5.74, 6) is 0.676. The average Bonchev–Trinajstić information content (AvgIpc) is 2.61. The van der Waals surface area contributed by atoms with Gasteiger partial charge in [0.25, 0.3) is 0 Å². The van der Waals surface area contributed by atoms with Crippen LogP contribution in [0.3, 0.4) is 0 Å². The molecule has 1 aliphatic heterocycles. The summed E-state index contributed by atoms with van der Waals surface area (Å²) in [7, 11) is 0.